The van der Waals surface area contributed by atoms with Crippen LogP contribution in [0.5, 0.6) is 0 Å². The van der Waals surface area contributed by atoms with Gasteiger partial charge in [-0.1, -0.05) is 13.3 Å². The van der Waals surface area contributed by atoms with Crippen molar-refractivity contribution in [1.82, 2.24) is 0 Å². The van der Waals surface area contributed by atoms with Crippen LogP contribution in [0.25, 0.3) is 0 Å². The van der Waals surface area contributed by atoms with Gasteiger partial charge >= 0.3 is 0 Å². The molecule has 0 aliphatic heterocycles. The number of ether oxygens (including phenoxy) is 2. The van der Waals surface area contributed by atoms with Gasteiger partial charge in [-0.05, 0) is 5.92 Å². The Labute approximate surface area is 90.0 Å². The molecule has 0 fully saturated rings. The third-order valence-corrected chi connectivity index (χ3v) is 3.05. The van der Waals surface area contributed by atoms with E-state index in [9.17, 15) is 8.42 Å². The molecule has 0 aliphatic carbocycles. The Morgan fingerprint density at radius 3 is 2.43 bits per heavy atom. The Balaban J connectivity index is 3.69. The Morgan fingerprint density at radius 2 is 2.00 bits per heavy atom. The molecule has 6 heteroatoms. The van der Waals surface area contributed by atoms with E-state index >= 15 is 0 Å². The number of rotatable bonds is 8. The number of halogens is 1. The lowest BCUT2D eigenvalue weighted by Crippen LogP contribution is -2.18. The van der Waals surface area contributed by atoms with Crippen LogP contribution >= 0.6 is 10.7 Å². The van der Waals surface area contributed by atoms with E-state index in [1.807, 2.05) is 6.92 Å². The molecule has 0 rings (SSSR count). The molecule has 0 aromatic carbocycles. The van der Waals surface area contributed by atoms with Gasteiger partial charge in [-0.3, -0.25) is 0 Å². The van der Waals surface area contributed by atoms with Crippen molar-refractivity contribution in [2.24, 2.45) is 5.92 Å². The normalized spacial score (nSPS) is 14.2. The summed E-state index contributed by atoms with van der Waals surface area (Å²) in [7, 11) is 3.31. The summed E-state index contributed by atoms with van der Waals surface area (Å²) in [6.07, 6.45) is 0.735. The fourth-order valence-electron chi connectivity index (χ4n) is 0.958. The van der Waals surface area contributed by atoms with Gasteiger partial charge in [-0.15, -0.1) is 0 Å². The van der Waals surface area contributed by atoms with E-state index in [2.05, 4.69) is 0 Å². The summed E-state index contributed by atoms with van der Waals surface area (Å²) in [6, 6.07) is 0. The van der Waals surface area contributed by atoms with E-state index in [0.717, 1.165) is 6.42 Å². The van der Waals surface area contributed by atoms with Crippen LogP contribution in [0.1, 0.15) is 13.3 Å². The first kappa shape index (κ1) is 14.2. The van der Waals surface area contributed by atoms with E-state index in [4.69, 9.17) is 20.2 Å². The number of hydrogen-bond acceptors (Lipinski definition) is 4. The van der Waals surface area contributed by atoms with Gasteiger partial charge in [0.25, 0.3) is 0 Å². The first-order chi connectivity index (χ1) is 6.49. The summed E-state index contributed by atoms with van der Waals surface area (Å²) < 4.78 is 31.6. The maximum Gasteiger partial charge on any atom is 0.232 e. The Morgan fingerprint density at radius 1 is 1.36 bits per heavy atom. The zero-order chi connectivity index (χ0) is 11.0. The fourth-order valence-corrected chi connectivity index (χ4v) is 2.39. The van der Waals surface area contributed by atoms with Crippen LogP contribution in [0.15, 0.2) is 0 Å². The van der Waals surface area contributed by atoms with Gasteiger partial charge in [-0.2, -0.15) is 0 Å². The molecule has 0 amide bonds. The van der Waals surface area contributed by atoms with E-state index < -0.39 is 9.05 Å². The second kappa shape index (κ2) is 7.45. The molecule has 1 unspecified atom stereocenters. The molecule has 0 bridgehead atoms. The molecular weight excluding hydrogens is 228 g/mol. The maximum absolute atomic E-state index is 10.8. The highest BCUT2D eigenvalue weighted by Crippen LogP contribution is 2.10. The van der Waals surface area contributed by atoms with Crippen molar-refractivity contribution in [1.29, 1.82) is 0 Å². The molecule has 0 heterocycles. The van der Waals surface area contributed by atoms with Crippen LogP contribution in [-0.4, -0.2) is 41.1 Å². The second-order valence-corrected chi connectivity index (χ2v) is 5.87. The molecule has 1 atom stereocenters. The molecule has 4 nitrogen and oxygen atoms in total. The van der Waals surface area contributed by atoms with Crippen molar-refractivity contribution in [3.63, 3.8) is 0 Å². The van der Waals surface area contributed by atoms with E-state index in [1.54, 1.807) is 7.11 Å². The quantitative estimate of drug-likeness (QED) is 0.476. The Bertz CT molecular complexity index is 227. The lowest BCUT2D eigenvalue weighted by Gasteiger charge is -2.12. The van der Waals surface area contributed by atoms with Crippen molar-refractivity contribution >= 4 is 19.7 Å². The van der Waals surface area contributed by atoms with Crippen molar-refractivity contribution in [2.75, 3.05) is 32.7 Å². The summed E-state index contributed by atoms with van der Waals surface area (Å²) in [5, 5.41) is 0. The SMILES string of the molecule is CCC(COCCOC)CS(=O)(=O)Cl. The second-order valence-electron chi connectivity index (χ2n) is 3.05. The first-order valence-electron chi connectivity index (χ1n) is 4.48. The molecule has 0 saturated heterocycles. The summed E-state index contributed by atoms with van der Waals surface area (Å²) in [5.74, 6) is -0.0627. The Hall–Kier alpha value is 0.160. The highest BCUT2D eigenvalue weighted by Gasteiger charge is 2.15. The molecule has 0 aromatic rings. The van der Waals surface area contributed by atoms with E-state index in [0.29, 0.717) is 19.8 Å². The number of methoxy groups -OCH3 is 1. The minimum Gasteiger partial charge on any atom is -0.382 e. The van der Waals surface area contributed by atoms with Gasteiger partial charge in [0.1, 0.15) is 0 Å². The zero-order valence-electron chi connectivity index (χ0n) is 8.53. The van der Waals surface area contributed by atoms with E-state index in [-0.39, 0.29) is 11.7 Å². The highest BCUT2D eigenvalue weighted by atomic mass is 35.7. The molecule has 0 saturated carbocycles. The topological polar surface area (TPSA) is 52.6 Å². The third-order valence-electron chi connectivity index (χ3n) is 1.80. The largest absolute Gasteiger partial charge is 0.382 e. The average molecular weight is 245 g/mol. The lowest BCUT2D eigenvalue weighted by molar-refractivity contribution is 0.0543. The fraction of sp³-hybridized carbons (Fsp3) is 1.00. The van der Waals surface area contributed by atoms with E-state index in [1.165, 1.54) is 0 Å². The molecule has 0 radical (unpaired) electrons. The molecule has 14 heavy (non-hydrogen) atoms. The Kier molecular flexibility index (Phi) is 7.54. The van der Waals surface area contributed by atoms with Gasteiger partial charge in [0, 0.05) is 17.8 Å². The van der Waals surface area contributed by atoms with Crippen molar-refractivity contribution in [3.8, 4) is 0 Å². The standard InChI is InChI=1S/C8H17ClO4S/c1-3-8(7-14(9,10)11)6-13-5-4-12-2/h8H,3-7H2,1-2H3. The molecule has 86 valence electrons. The van der Waals surface area contributed by atoms with Crippen LogP contribution in [-0.2, 0) is 18.5 Å². The smallest absolute Gasteiger partial charge is 0.232 e. The monoisotopic (exact) mass is 244 g/mol. The average Bonchev–Trinajstić information content (AvgIpc) is 2.08. The zero-order valence-corrected chi connectivity index (χ0v) is 10.1. The lowest BCUT2D eigenvalue weighted by atomic mass is 10.1. The minimum atomic E-state index is -3.42. The predicted molar refractivity (Wildman–Crippen MR) is 56.1 cm³/mol. The first-order valence-corrected chi connectivity index (χ1v) is 6.96. The van der Waals surface area contributed by atoms with Gasteiger partial charge in [0.05, 0.1) is 25.6 Å². The van der Waals surface area contributed by atoms with Crippen molar-refractivity contribution in [3.05, 3.63) is 0 Å². The van der Waals surface area contributed by atoms with Crippen molar-refractivity contribution < 1.29 is 17.9 Å². The van der Waals surface area contributed by atoms with Gasteiger partial charge in [0.2, 0.25) is 9.05 Å². The van der Waals surface area contributed by atoms with Crippen molar-refractivity contribution in [2.45, 2.75) is 13.3 Å². The van der Waals surface area contributed by atoms with Crippen LogP contribution in [0.2, 0.25) is 0 Å². The predicted octanol–water partition coefficient (Wildman–Crippen LogP) is 1.24. The minimum absolute atomic E-state index is 0.0297. The summed E-state index contributed by atoms with van der Waals surface area (Å²) in [4.78, 5) is 0. The van der Waals surface area contributed by atoms with Gasteiger partial charge in [-0.25, -0.2) is 8.42 Å². The van der Waals surface area contributed by atoms with Crippen LogP contribution in [0, 0.1) is 5.92 Å². The van der Waals surface area contributed by atoms with Crippen LogP contribution in [0.4, 0.5) is 0 Å². The van der Waals surface area contributed by atoms with Crippen LogP contribution in [0.3, 0.4) is 0 Å². The summed E-state index contributed by atoms with van der Waals surface area (Å²) in [5.41, 5.74) is 0. The third kappa shape index (κ3) is 8.74. The molecule has 0 spiro atoms. The van der Waals surface area contributed by atoms with Gasteiger partial charge < -0.3 is 9.47 Å². The molecule has 0 N–H and O–H groups in total. The summed E-state index contributed by atoms with van der Waals surface area (Å²) in [6.45, 7) is 3.32. The highest BCUT2D eigenvalue weighted by molar-refractivity contribution is 8.13. The van der Waals surface area contributed by atoms with Crippen LogP contribution < -0.4 is 0 Å². The number of hydrogen-bond donors (Lipinski definition) is 0. The molecule has 0 aromatic heterocycles. The summed E-state index contributed by atoms with van der Waals surface area (Å²) >= 11 is 0. The molecular formula is C8H17ClO4S. The maximum atomic E-state index is 10.8. The molecule has 0 aliphatic rings. The van der Waals surface area contributed by atoms with Gasteiger partial charge in [0.15, 0.2) is 0 Å².